The highest BCUT2D eigenvalue weighted by molar-refractivity contribution is 5.64. The molecule has 2 aliphatic rings. The molecule has 1 aliphatic heterocycles. The van der Waals surface area contributed by atoms with Gasteiger partial charge >= 0.3 is 0 Å². The van der Waals surface area contributed by atoms with Crippen LogP contribution in [0.4, 0.5) is 0 Å². The molecule has 2 N–H and O–H groups in total. The second-order valence-electron chi connectivity index (χ2n) is 6.23. The summed E-state index contributed by atoms with van der Waals surface area (Å²) in [5.41, 5.74) is 9.39. The van der Waals surface area contributed by atoms with Crippen LogP contribution < -0.4 is 10.5 Å². The summed E-state index contributed by atoms with van der Waals surface area (Å²) in [4.78, 5) is 4.55. The van der Waals surface area contributed by atoms with Crippen molar-refractivity contribution in [2.24, 2.45) is 11.7 Å². The van der Waals surface area contributed by atoms with Crippen LogP contribution in [0.15, 0.2) is 29.9 Å². The van der Waals surface area contributed by atoms with Crippen molar-refractivity contribution in [2.45, 2.75) is 38.5 Å². The van der Waals surface area contributed by atoms with E-state index in [1.54, 1.807) is 0 Å². The zero-order chi connectivity index (χ0) is 15.3. The number of allylic oxidation sites excluding steroid dienone is 1. The lowest BCUT2D eigenvalue weighted by atomic mass is 9.79. The number of rotatable bonds is 1. The Kier molecular flexibility index (Phi) is 2.86. The highest BCUT2D eigenvalue weighted by atomic mass is 16.5. The number of fused-ring (bicyclic) bond motifs is 3. The van der Waals surface area contributed by atoms with Gasteiger partial charge in [-0.25, -0.2) is 4.98 Å². The van der Waals surface area contributed by atoms with Crippen LogP contribution in [0.5, 0.6) is 5.75 Å². The largest absolute Gasteiger partial charge is 0.436 e. The van der Waals surface area contributed by atoms with Gasteiger partial charge in [0.25, 0.3) is 0 Å². The van der Waals surface area contributed by atoms with Crippen molar-refractivity contribution >= 4 is 5.65 Å². The second-order valence-corrected chi connectivity index (χ2v) is 6.23. The molecule has 1 saturated carbocycles. The number of aromatic nitrogens is 2. The van der Waals surface area contributed by atoms with E-state index >= 15 is 0 Å². The van der Waals surface area contributed by atoms with Crippen molar-refractivity contribution in [2.75, 3.05) is 0 Å². The monoisotopic (exact) mass is 294 g/mol. The number of pyridine rings is 1. The highest BCUT2D eigenvalue weighted by Crippen LogP contribution is 2.48. The average Bonchev–Trinajstić information content (AvgIpc) is 3.14. The van der Waals surface area contributed by atoms with E-state index in [0.29, 0.717) is 17.2 Å². The summed E-state index contributed by atoms with van der Waals surface area (Å²) >= 11 is 0. The number of aryl methyl sites for hydroxylation is 1. The first-order valence-electron chi connectivity index (χ1n) is 7.75. The van der Waals surface area contributed by atoms with E-state index in [2.05, 4.69) is 17.1 Å². The molecular formula is C17H18N4O. The molecule has 112 valence electrons. The van der Waals surface area contributed by atoms with E-state index in [-0.39, 0.29) is 11.8 Å². The van der Waals surface area contributed by atoms with Gasteiger partial charge in [-0.15, -0.1) is 0 Å². The molecule has 1 fully saturated rings. The van der Waals surface area contributed by atoms with Gasteiger partial charge in [-0.3, -0.25) is 0 Å². The molecule has 1 unspecified atom stereocenters. The maximum atomic E-state index is 9.55. The smallest absolute Gasteiger partial charge is 0.205 e. The van der Waals surface area contributed by atoms with Crippen LogP contribution in [-0.4, -0.2) is 9.38 Å². The molecule has 1 aliphatic carbocycles. The molecule has 0 aromatic carbocycles. The fourth-order valence-electron chi connectivity index (χ4n) is 3.89. The van der Waals surface area contributed by atoms with Crippen LogP contribution in [0.1, 0.15) is 42.9 Å². The molecule has 0 spiro atoms. The summed E-state index contributed by atoms with van der Waals surface area (Å²) < 4.78 is 7.75. The quantitative estimate of drug-likeness (QED) is 0.877. The third-order valence-electron chi connectivity index (χ3n) is 4.85. The lowest BCUT2D eigenvalue weighted by Crippen LogP contribution is -2.24. The van der Waals surface area contributed by atoms with Gasteiger partial charge in [-0.2, -0.15) is 5.26 Å². The lowest BCUT2D eigenvalue weighted by Gasteiger charge is -2.30. The van der Waals surface area contributed by atoms with Gasteiger partial charge < -0.3 is 14.9 Å². The maximum absolute atomic E-state index is 9.55. The second kappa shape index (κ2) is 4.77. The molecule has 3 heterocycles. The van der Waals surface area contributed by atoms with E-state index in [0.717, 1.165) is 29.7 Å². The first kappa shape index (κ1) is 13.2. The number of nitrogens with two attached hydrogens (primary N) is 1. The van der Waals surface area contributed by atoms with Crippen molar-refractivity contribution in [3.63, 3.8) is 0 Å². The standard InChI is InChI=1S/C17H18N4O/c1-10-9-21-7-6-12-14(11-4-2-3-5-11)13(8-18)16(19)22-15(12)17(21)20-10/h6-7,9,11,14H,2-5,19H2,1H3. The predicted octanol–water partition coefficient (Wildman–Crippen LogP) is 3.00. The molecule has 2 aromatic heterocycles. The molecule has 0 saturated heterocycles. The van der Waals surface area contributed by atoms with Crippen molar-refractivity contribution < 1.29 is 4.74 Å². The van der Waals surface area contributed by atoms with Gasteiger partial charge in [0.15, 0.2) is 11.4 Å². The summed E-state index contributed by atoms with van der Waals surface area (Å²) in [5, 5.41) is 9.55. The minimum absolute atomic E-state index is 0.0401. The van der Waals surface area contributed by atoms with Crippen LogP contribution in [0.3, 0.4) is 0 Å². The molecule has 4 rings (SSSR count). The Bertz CT molecular complexity index is 821. The van der Waals surface area contributed by atoms with Crippen LogP contribution >= 0.6 is 0 Å². The zero-order valence-corrected chi connectivity index (χ0v) is 12.5. The van der Waals surface area contributed by atoms with Crippen molar-refractivity contribution in [1.82, 2.24) is 9.38 Å². The Labute approximate surface area is 129 Å². The molecule has 2 aromatic rings. The average molecular weight is 294 g/mol. The van der Waals surface area contributed by atoms with E-state index < -0.39 is 0 Å². The van der Waals surface area contributed by atoms with E-state index in [4.69, 9.17) is 10.5 Å². The van der Waals surface area contributed by atoms with Gasteiger partial charge in [0.1, 0.15) is 6.07 Å². The van der Waals surface area contributed by atoms with Gasteiger partial charge in [0.2, 0.25) is 5.88 Å². The number of hydrogen-bond donors (Lipinski definition) is 1. The Morgan fingerprint density at radius 1 is 1.41 bits per heavy atom. The Hall–Kier alpha value is -2.48. The Morgan fingerprint density at radius 3 is 2.91 bits per heavy atom. The molecular weight excluding hydrogens is 276 g/mol. The fourth-order valence-corrected chi connectivity index (χ4v) is 3.89. The number of nitrogens with zero attached hydrogens (tertiary/aromatic N) is 3. The molecule has 5 heteroatoms. The fraction of sp³-hybridized carbons (Fsp3) is 0.412. The number of imidazole rings is 1. The third kappa shape index (κ3) is 1.80. The topological polar surface area (TPSA) is 76.3 Å². The van der Waals surface area contributed by atoms with Crippen LogP contribution in [0, 0.1) is 24.2 Å². The van der Waals surface area contributed by atoms with Gasteiger partial charge in [0, 0.05) is 23.9 Å². The maximum Gasteiger partial charge on any atom is 0.205 e. The normalized spacial score (nSPS) is 21.7. The first-order chi connectivity index (χ1) is 10.7. The summed E-state index contributed by atoms with van der Waals surface area (Å²) in [6, 6.07) is 4.33. The molecule has 1 atom stereocenters. The lowest BCUT2D eigenvalue weighted by molar-refractivity contribution is 0.362. The Morgan fingerprint density at radius 2 is 2.18 bits per heavy atom. The highest BCUT2D eigenvalue weighted by Gasteiger charge is 2.37. The van der Waals surface area contributed by atoms with Crippen molar-refractivity contribution in [3.05, 3.63) is 41.2 Å². The van der Waals surface area contributed by atoms with E-state index in [1.807, 2.05) is 23.7 Å². The SMILES string of the molecule is Cc1cn2ccc3c(c2n1)OC(N)=C(C#N)C3C1CCCC1. The van der Waals surface area contributed by atoms with Gasteiger partial charge in [0.05, 0.1) is 11.3 Å². The first-order valence-corrected chi connectivity index (χ1v) is 7.75. The minimum atomic E-state index is 0.0401. The molecule has 5 nitrogen and oxygen atoms in total. The number of hydrogen-bond acceptors (Lipinski definition) is 4. The van der Waals surface area contributed by atoms with Crippen LogP contribution in [0.25, 0.3) is 5.65 Å². The summed E-state index contributed by atoms with van der Waals surface area (Å²) in [6.45, 7) is 1.95. The van der Waals surface area contributed by atoms with Gasteiger partial charge in [-0.05, 0) is 31.7 Å². The van der Waals surface area contributed by atoms with Crippen LogP contribution in [0.2, 0.25) is 0 Å². The predicted molar refractivity (Wildman–Crippen MR) is 82.1 cm³/mol. The van der Waals surface area contributed by atoms with E-state index in [1.165, 1.54) is 12.8 Å². The summed E-state index contributed by atoms with van der Waals surface area (Å²) in [7, 11) is 0. The third-order valence-corrected chi connectivity index (χ3v) is 4.85. The van der Waals surface area contributed by atoms with Crippen LogP contribution in [-0.2, 0) is 0 Å². The zero-order valence-electron chi connectivity index (χ0n) is 12.5. The molecule has 0 amide bonds. The van der Waals surface area contributed by atoms with Crippen molar-refractivity contribution in [1.29, 1.82) is 5.26 Å². The minimum Gasteiger partial charge on any atom is -0.436 e. The Balaban J connectivity index is 1.94. The van der Waals surface area contributed by atoms with Gasteiger partial charge in [-0.1, -0.05) is 12.8 Å². The summed E-state index contributed by atoms with van der Waals surface area (Å²) in [5.74, 6) is 1.46. The molecule has 0 radical (unpaired) electrons. The van der Waals surface area contributed by atoms with Crippen molar-refractivity contribution in [3.8, 4) is 11.8 Å². The number of ether oxygens (including phenoxy) is 1. The summed E-state index contributed by atoms with van der Waals surface area (Å²) in [6.07, 6.45) is 8.68. The van der Waals surface area contributed by atoms with E-state index in [9.17, 15) is 5.26 Å². The number of nitriles is 1. The molecule has 22 heavy (non-hydrogen) atoms. The molecule has 0 bridgehead atoms.